The molecule has 0 bridgehead atoms. The van der Waals surface area contributed by atoms with Crippen LogP contribution in [0.1, 0.15) is 11.1 Å². The topological polar surface area (TPSA) is 44.0 Å². The summed E-state index contributed by atoms with van der Waals surface area (Å²) < 4.78 is 0.976. The maximum absolute atomic E-state index is 9.05. The van der Waals surface area contributed by atoms with Gasteiger partial charge in [0.05, 0.1) is 17.2 Å². The number of fused-ring (bicyclic) bond motifs is 1. The predicted molar refractivity (Wildman–Crippen MR) is 57.5 cm³/mol. The fourth-order valence-corrected chi connectivity index (χ4v) is 2.61. The van der Waals surface area contributed by atoms with Crippen LogP contribution in [0.5, 0.6) is 0 Å². The van der Waals surface area contributed by atoms with Crippen molar-refractivity contribution in [2.24, 2.45) is 0 Å². The van der Waals surface area contributed by atoms with Gasteiger partial charge >= 0.3 is 0 Å². The fraction of sp³-hybridized carbons (Fsp3) is 0.100. The molecular weight excluding hydrogens is 218 g/mol. The number of thiophene rings is 1. The van der Waals surface area contributed by atoms with Gasteiger partial charge in [-0.25, -0.2) is 0 Å². The molecule has 0 aliphatic heterocycles. The molecule has 2 aromatic rings. The van der Waals surface area contributed by atoms with E-state index in [2.05, 4.69) is 6.07 Å². The second-order valence-electron chi connectivity index (χ2n) is 2.83. The zero-order chi connectivity index (χ0) is 10.1. The van der Waals surface area contributed by atoms with E-state index in [1.165, 1.54) is 11.3 Å². The minimum Gasteiger partial charge on any atom is -0.392 e. The van der Waals surface area contributed by atoms with E-state index in [1.807, 2.05) is 6.07 Å². The van der Waals surface area contributed by atoms with Crippen LogP contribution in [0.4, 0.5) is 0 Å². The van der Waals surface area contributed by atoms with Crippen LogP contribution in [0, 0.1) is 11.3 Å². The third-order valence-corrected chi connectivity index (χ3v) is 3.44. The van der Waals surface area contributed by atoms with Crippen molar-refractivity contribution in [1.82, 2.24) is 0 Å². The Labute approximate surface area is 90.0 Å². The number of aliphatic hydroxyl groups excluding tert-OH is 1. The van der Waals surface area contributed by atoms with Gasteiger partial charge in [0.1, 0.15) is 6.07 Å². The van der Waals surface area contributed by atoms with Crippen molar-refractivity contribution in [3.8, 4) is 6.07 Å². The van der Waals surface area contributed by atoms with Crippen molar-refractivity contribution in [1.29, 1.82) is 5.26 Å². The van der Waals surface area contributed by atoms with Gasteiger partial charge in [0.2, 0.25) is 0 Å². The molecule has 4 heteroatoms. The summed E-state index contributed by atoms with van der Waals surface area (Å²) in [5, 5.41) is 21.2. The maximum Gasteiger partial charge on any atom is 0.100 e. The third kappa shape index (κ3) is 1.28. The Hall–Kier alpha value is -1.08. The summed E-state index contributed by atoms with van der Waals surface area (Å²) in [4.78, 5) is 0. The third-order valence-electron chi connectivity index (χ3n) is 2.06. The molecule has 1 heterocycles. The van der Waals surface area contributed by atoms with E-state index in [4.69, 9.17) is 22.0 Å². The molecule has 1 aromatic heterocycles. The summed E-state index contributed by atoms with van der Waals surface area (Å²) in [5.74, 6) is 0. The predicted octanol–water partition coefficient (Wildman–Crippen LogP) is 2.92. The van der Waals surface area contributed by atoms with Crippen LogP contribution in [0.15, 0.2) is 17.5 Å². The average Bonchev–Trinajstić information content (AvgIpc) is 2.59. The lowest BCUT2D eigenvalue weighted by molar-refractivity contribution is 0.281. The molecule has 0 saturated carbocycles. The minimum absolute atomic E-state index is 0.134. The molecule has 0 atom stereocenters. The molecule has 0 fully saturated rings. The van der Waals surface area contributed by atoms with E-state index in [0.717, 1.165) is 10.1 Å². The first-order valence-corrected chi connectivity index (χ1v) is 5.23. The molecule has 0 aliphatic carbocycles. The number of hydrogen-bond donors (Lipinski definition) is 1. The summed E-state index contributed by atoms with van der Waals surface area (Å²) >= 11 is 7.46. The molecule has 14 heavy (non-hydrogen) atoms. The van der Waals surface area contributed by atoms with Crippen molar-refractivity contribution >= 4 is 33.0 Å². The first-order chi connectivity index (χ1) is 6.77. The molecule has 2 rings (SSSR count). The molecular formula is C10H6ClNOS. The SMILES string of the molecule is N#Cc1c(CO)ccc2scc(Cl)c12. The second kappa shape index (κ2) is 3.58. The van der Waals surface area contributed by atoms with Gasteiger partial charge in [0, 0.05) is 15.5 Å². The number of aliphatic hydroxyl groups is 1. The minimum atomic E-state index is -0.134. The van der Waals surface area contributed by atoms with Gasteiger partial charge in [0.15, 0.2) is 0 Å². The van der Waals surface area contributed by atoms with Crippen molar-refractivity contribution < 1.29 is 5.11 Å². The molecule has 1 N–H and O–H groups in total. The highest BCUT2D eigenvalue weighted by Gasteiger charge is 2.10. The zero-order valence-corrected chi connectivity index (χ0v) is 8.69. The van der Waals surface area contributed by atoms with Crippen LogP contribution in [0.2, 0.25) is 5.02 Å². The summed E-state index contributed by atoms with van der Waals surface area (Å²) in [6, 6.07) is 5.71. The molecule has 1 aromatic carbocycles. The van der Waals surface area contributed by atoms with Crippen molar-refractivity contribution in [3.05, 3.63) is 33.7 Å². The van der Waals surface area contributed by atoms with Gasteiger partial charge < -0.3 is 5.11 Å². The van der Waals surface area contributed by atoms with Gasteiger partial charge in [-0.3, -0.25) is 0 Å². The number of hydrogen-bond acceptors (Lipinski definition) is 3. The molecule has 0 radical (unpaired) electrons. The van der Waals surface area contributed by atoms with E-state index in [9.17, 15) is 0 Å². The Morgan fingerprint density at radius 2 is 2.29 bits per heavy atom. The van der Waals surface area contributed by atoms with Crippen LogP contribution < -0.4 is 0 Å². The van der Waals surface area contributed by atoms with E-state index < -0.39 is 0 Å². The van der Waals surface area contributed by atoms with Crippen LogP contribution in [0.25, 0.3) is 10.1 Å². The largest absolute Gasteiger partial charge is 0.392 e. The van der Waals surface area contributed by atoms with E-state index in [-0.39, 0.29) is 6.61 Å². The number of nitriles is 1. The first-order valence-electron chi connectivity index (χ1n) is 3.97. The quantitative estimate of drug-likeness (QED) is 0.808. The van der Waals surface area contributed by atoms with Gasteiger partial charge in [0.25, 0.3) is 0 Å². The maximum atomic E-state index is 9.05. The summed E-state index contributed by atoms with van der Waals surface area (Å²) in [5.41, 5.74) is 1.11. The van der Waals surface area contributed by atoms with E-state index >= 15 is 0 Å². The highest BCUT2D eigenvalue weighted by Crippen LogP contribution is 2.33. The van der Waals surface area contributed by atoms with Crippen molar-refractivity contribution in [3.63, 3.8) is 0 Å². The fourth-order valence-electron chi connectivity index (χ4n) is 1.40. The standard InChI is InChI=1S/C10H6ClNOS/c11-8-5-14-9-2-1-6(4-13)7(3-12)10(8)9/h1-2,5,13H,4H2. The van der Waals surface area contributed by atoms with Crippen LogP contribution in [-0.4, -0.2) is 5.11 Å². The van der Waals surface area contributed by atoms with Crippen LogP contribution in [0.3, 0.4) is 0 Å². The van der Waals surface area contributed by atoms with E-state index in [1.54, 1.807) is 11.4 Å². The highest BCUT2D eigenvalue weighted by atomic mass is 35.5. The lowest BCUT2D eigenvalue weighted by atomic mass is 10.1. The van der Waals surface area contributed by atoms with Crippen molar-refractivity contribution in [2.75, 3.05) is 0 Å². The average molecular weight is 224 g/mol. The Morgan fingerprint density at radius 3 is 2.93 bits per heavy atom. The molecule has 0 aliphatic rings. The Morgan fingerprint density at radius 1 is 1.50 bits per heavy atom. The number of rotatable bonds is 1. The lowest BCUT2D eigenvalue weighted by Gasteiger charge is -2.01. The van der Waals surface area contributed by atoms with Crippen LogP contribution in [-0.2, 0) is 6.61 Å². The molecule has 70 valence electrons. The number of benzene rings is 1. The molecule has 0 amide bonds. The van der Waals surface area contributed by atoms with Gasteiger partial charge in [-0.05, 0) is 11.6 Å². The number of halogens is 1. The summed E-state index contributed by atoms with van der Waals surface area (Å²) in [6.45, 7) is -0.134. The lowest BCUT2D eigenvalue weighted by Crippen LogP contribution is -1.89. The Balaban J connectivity index is 2.90. The Bertz CT molecular complexity index is 527. The summed E-state index contributed by atoms with van der Waals surface area (Å²) in [6.07, 6.45) is 0. The first kappa shape index (κ1) is 9.47. The van der Waals surface area contributed by atoms with Gasteiger partial charge in [-0.15, -0.1) is 11.3 Å². The number of nitrogens with zero attached hydrogens (tertiary/aromatic N) is 1. The molecule has 0 spiro atoms. The smallest absolute Gasteiger partial charge is 0.100 e. The molecule has 0 saturated heterocycles. The van der Waals surface area contributed by atoms with E-state index in [0.29, 0.717) is 16.1 Å². The molecule has 2 nitrogen and oxygen atoms in total. The van der Waals surface area contributed by atoms with Crippen LogP contribution >= 0.6 is 22.9 Å². The highest BCUT2D eigenvalue weighted by molar-refractivity contribution is 7.17. The summed E-state index contributed by atoms with van der Waals surface area (Å²) in [7, 11) is 0. The second-order valence-corrected chi connectivity index (χ2v) is 4.14. The zero-order valence-electron chi connectivity index (χ0n) is 7.12. The monoisotopic (exact) mass is 223 g/mol. The van der Waals surface area contributed by atoms with Gasteiger partial charge in [-0.2, -0.15) is 5.26 Å². The Kier molecular flexibility index (Phi) is 2.42. The molecule has 0 unspecified atom stereocenters. The van der Waals surface area contributed by atoms with Gasteiger partial charge in [-0.1, -0.05) is 17.7 Å². The van der Waals surface area contributed by atoms with Crippen molar-refractivity contribution in [2.45, 2.75) is 6.61 Å². The normalized spacial score (nSPS) is 10.4.